The molecule has 0 bridgehead atoms. The average molecular weight is 295 g/mol. The number of rotatable bonds is 7. The zero-order valence-corrected chi connectivity index (χ0v) is 12.1. The van der Waals surface area contributed by atoms with Crippen LogP contribution >= 0.6 is 0 Å². The van der Waals surface area contributed by atoms with Gasteiger partial charge in [-0.1, -0.05) is 13.3 Å². The van der Waals surface area contributed by atoms with Crippen molar-refractivity contribution in [2.24, 2.45) is 0 Å². The molecule has 0 atom stereocenters. The molecule has 1 amide bonds. The second kappa shape index (κ2) is 6.47. The number of H-pyrrole nitrogens is 1. The maximum Gasteiger partial charge on any atom is 0.330 e. The fourth-order valence-corrected chi connectivity index (χ4v) is 1.97. The van der Waals surface area contributed by atoms with E-state index in [0.717, 1.165) is 25.7 Å². The van der Waals surface area contributed by atoms with Crippen molar-refractivity contribution in [2.75, 3.05) is 17.6 Å². The number of nitrogen functional groups attached to an aromatic ring is 1. The molecule has 0 radical (unpaired) electrons. The largest absolute Gasteiger partial charge is 0.383 e. The molecule has 8 nitrogen and oxygen atoms in total. The lowest BCUT2D eigenvalue weighted by Crippen LogP contribution is -2.37. The monoisotopic (exact) mass is 295 g/mol. The van der Waals surface area contributed by atoms with Crippen molar-refractivity contribution in [3.63, 3.8) is 0 Å². The second-order valence-electron chi connectivity index (χ2n) is 5.22. The Balaban J connectivity index is 2.11. The van der Waals surface area contributed by atoms with Crippen molar-refractivity contribution < 1.29 is 4.79 Å². The number of nitrogens with one attached hydrogen (secondary N) is 3. The summed E-state index contributed by atoms with van der Waals surface area (Å²) in [5.74, 6) is -0.126. The Morgan fingerprint density at radius 1 is 1.43 bits per heavy atom. The van der Waals surface area contributed by atoms with Crippen LogP contribution in [0.4, 0.5) is 11.5 Å². The number of carbonyl (C=O) groups excluding carboxylic acids is 1. The van der Waals surface area contributed by atoms with Gasteiger partial charge in [-0.05, 0) is 19.3 Å². The molecule has 21 heavy (non-hydrogen) atoms. The molecule has 0 spiro atoms. The maximum atomic E-state index is 11.8. The number of unbranched alkanes of at least 4 members (excludes halogenated alkanes) is 1. The number of aromatic nitrogens is 2. The molecular weight excluding hydrogens is 274 g/mol. The summed E-state index contributed by atoms with van der Waals surface area (Å²) in [4.78, 5) is 37.4. The lowest BCUT2D eigenvalue weighted by atomic mass is 10.3. The number of aromatic amines is 1. The lowest BCUT2D eigenvalue weighted by molar-refractivity contribution is -0.119. The van der Waals surface area contributed by atoms with E-state index < -0.39 is 11.2 Å². The summed E-state index contributed by atoms with van der Waals surface area (Å²) in [7, 11) is 0. The SMILES string of the molecule is CCCCn1c(N)c(NCC(=O)NC2CC2)c(=O)[nH]c1=O. The first-order chi connectivity index (χ1) is 10.0. The van der Waals surface area contributed by atoms with Crippen molar-refractivity contribution in [2.45, 2.75) is 45.2 Å². The molecule has 1 aromatic heterocycles. The Morgan fingerprint density at radius 2 is 2.14 bits per heavy atom. The van der Waals surface area contributed by atoms with Gasteiger partial charge >= 0.3 is 5.69 Å². The van der Waals surface area contributed by atoms with E-state index in [1.807, 2.05) is 6.92 Å². The zero-order chi connectivity index (χ0) is 15.4. The van der Waals surface area contributed by atoms with E-state index in [2.05, 4.69) is 15.6 Å². The summed E-state index contributed by atoms with van der Waals surface area (Å²) in [6.07, 6.45) is 3.67. The molecule has 1 aliphatic rings. The molecule has 8 heteroatoms. The Bertz CT molecular complexity index is 630. The summed E-state index contributed by atoms with van der Waals surface area (Å²) in [5.41, 5.74) is 4.80. The maximum absolute atomic E-state index is 11.8. The van der Waals surface area contributed by atoms with Crippen LogP contribution in [0.1, 0.15) is 32.6 Å². The fourth-order valence-electron chi connectivity index (χ4n) is 1.97. The Morgan fingerprint density at radius 3 is 2.76 bits per heavy atom. The summed E-state index contributed by atoms with van der Waals surface area (Å²) in [5, 5.41) is 5.52. The van der Waals surface area contributed by atoms with Crippen molar-refractivity contribution >= 4 is 17.4 Å². The third-order valence-electron chi connectivity index (χ3n) is 3.34. The first kappa shape index (κ1) is 15.1. The molecule has 2 rings (SSSR count). The van der Waals surface area contributed by atoms with Gasteiger partial charge in [0.15, 0.2) is 0 Å². The summed E-state index contributed by atoms with van der Waals surface area (Å²) < 4.78 is 1.31. The minimum atomic E-state index is -0.607. The van der Waals surface area contributed by atoms with E-state index in [1.54, 1.807) is 0 Å². The lowest BCUT2D eigenvalue weighted by Gasteiger charge is -2.13. The highest BCUT2D eigenvalue weighted by molar-refractivity contribution is 5.82. The molecule has 0 saturated heterocycles. The highest BCUT2D eigenvalue weighted by Gasteiger charge is 2.23. The normalized spacial score (nSPS) is 14.0. The minimum Gasteiger partial charge on any atom is -0.383 e. The molecule has 116 valence electrons. The van der Waals surface area contributed by atoms with Gasteiger partial charge in [-0.3, -0.25) is 19.1 Å². The van der Waals surface area contributed by atoms with Crippen molar-refractivity contribution in [3.05, 3.63) is 20.8 Å². The van der Waals surface area contributed by atoms with E-state index in [0.29, 0.717) is 6.54 Å². The van der Waals surface area contributed by atoms with Crippen LogP contribution < -0.4 is 27.6 Å². The van der Waals surface area contributed by atoms with Crippen molar-refractivity contribution in [3.8, 4) is 0 Å². The van der Waals surface area contributed by atoms with Crippen molar-refractivity contribution in [1.82, 2.24) is 14.9 Å². The molecule has 1 saturated carbocycles. The van der Waals surface area contributed by atoms with Gasteiger partial charge in [-0.15, -0.1) is 0 Å². The van der Waals surface area contributed by atoms with Crippen LogP contribution in [-0.4, -0.2) is 28.0 Å². The smallest absolute Gasteiger partial charge is 0.330 e. The predicted molar refractivity (Wildman–Crippen MR) is 80.3 cm³/mol. The van der Waals surface area contributed by atoms with Crippen LogP contribution in [0, 0.1) is 0 Å². The second-order valence-corrected chi connectivity index (χ2v) is 5.22. The predicted octanol–water partition coefficient (Wildman–Crippen LogP) is -0.391. The Labute approximate surface area is 121 Å². The molecule has 1 heterocycles. The number of hydrogen-bond donors (Lipinski definition) is 4. The molecule has 0 unspecified atom stereocenters. The highest BCUT2D eigenvalue weighted by atomic mass is 16.2. The van der Waals surface area contributed by atoms with E-state index in [9.17, 15) is 14.4 Å². The third-order valence-corrected chi connectivity index (χ3v) is 3.34. The molecule has 5 N–H and O–H groups in total. The Kier molecular flexibility index (Phi) is 4.66. The number of hydrogen-bond acceptors (Lipinski definition) is 5. The minimum absolute atomic E-state index is 0.0459. The van der Waals surface area contributed by atoms with E-state index in [4.69, 9.17) is 5.73 Å². The number of nitrogens with two attached hydrogens (primary N) is 1. The van der Waals surface area contributed by atoms with Gasteiger partial charge in [-0.25, -0.2) is 4.79 Å². The van der Waals surface area contributed by atoms with Crippen molar-refractivity contribution in [1.29, 1.82) is 0 Å². The fraction of sp³-hybridized carbons (Fsp3) is 0.615. The molecule has 0 aromatic carbocycles. The van der Waals surface area contributed by atoms with Crippen LogP contribution in [0.3, 0.4) is 0 Å². The molecule has 0 aliphatic heterocycles. The number of amides is 1. The number of nitrogens with zero attached hydrogens (tertiary/aromatic N) is 1. The van der Waals surface area contributed by atoms with Gasteiger partial charge in [0.05, 0.1) is 6.54 Å². The van der Waals surface area contributed by atoms with Crippen LogP contribution in [0.5, 0.6) is 0 Å². The highest BCUT2D eigenvalue weighted by Crippen LogP contribution is 2.18. The van der Waals surface area contributed by atoms with Crippen LogP contribution in [0.15, 0.2) is 9.59 Å². The van der Waals surface area contributed by atoms with Gasteiger partial charge in [-0.2, -0.15) is 0 Å². The molecule has 1 fully saturated rings. The number of anilines is 2. The Hall–Kier alpha value is -2.25. The van der Waals surface area contributed by atoms with Gasteiger partial charge in [0.2, 0.25) is 5.91 Å². The average Bonchev–Trinajstić information content (AvgIpc) is 3.22. The van der Waals surface area contributed by atoms with Gasteiger partial charge in [0, 0.05) is 12.6 Å². The van der Waals surface area contributed by atoms with Gasteiger partial charge < -0.3 is 16.4 Å². The standard InChI is InChI=1S/C13H21N5O3/c1-2-3-6-18-11(14)10(12(20)17-13(18)21)15-7-9(19)16-8-4-5-8/h8,15H,2-7,14H2,1H3,(H,16,19)(H,17,20,21). The first-order valence-corrected chi connectivity index (χ1v) is 7.18. The summed E-state index contributed by atoms with van der Waals surface area (Å²) in [6, 6.07) is 0.258. The van der Waals surface area contributed by atoms with Gasteiger partial charge in [0.25, 0.3) is 5.56 Å². The molecule has 1 aliphatic carbocycles. The van der Waals surface area contributed by atoms with Crippen LogP contribution in [0.2, 0.25) is 0 Å². The van der Waals surface area contributed by atoms with E-state index in [-0.39, 0.29) is 30.0 Å². The van der Waals surface area contributed by atoms with Crippen LogP contribution in [-0.2, 0) is 11.3 Å². The van der Waals surface area contributed by atoms with E-state index in [1.165, 1.54) is 4.57 Å². The zero-order valence-electron chi connectivity index (χ0n) is 12.1. The quantitative estimate of drug-likeness (QED) is 0.545. The van der Waals surface area contributed by atoms with Crippen LogP contribution in [0.25, 0.3) is 0 Å². The molecular formula is C13H21N5O3. The van der Waals surface area contributed by atoms with Gasteiger partial charge in [0.1, 0.15) is 11.5 Å². The number of carbonyl (C=O) groups is 1. The summed E-state index contributed by atoms with van der Waals surface area (Å²) >= 11 is 0. The third kappa shape index (κ3) is 3.87. The first-order valence-electron chi connectivity index (χ1n) is 7.18. The van der Waals surface area contributed by atoms with E-state index >= 15 is 0 Å². The molecule has 1 aromatic rings. The summed E-state index contributed by atoms with van der Waals surface area (Å²) in [6.45, 7) is 2.38. The topological polar surface area (TPSA) is 122 Å².